The summed E-state index contributed by atoms with van der Waals surface area (Å²) < 4.78 is 12.8. The lowest BCUT2D eigenvalue weighted by Gasteiger charge is -2.06. The van der Waals surface area contributed by atoms with Crippen molar-refractivity contribution in [2.45, 2.75) is 13.0 Å². The topological polar surface area (TPSA) is 47.2 Å². The Kier molecular flexibility index (Phi) is 3.41. The Balaban J connectivity index is 2.34. The molecular formula is C17H16N2O2. The summed E-state index contributed by atoms with van der Waals surface area (Å²) in [6.07, 6.45) is 0.466. The summed E-state index contributed by atoms with van der Waals surface area (Å²) >= 11 is 0. The first-order valence-electron chi connectivity index (χ1n) is 6.79. The Bertz CT molecular complexity index is 782. The summed E-state index contributed by atoms with van der Waals surface area (Å²) in [5.41, 5.74) is 2.15. The Hall–Kier alpha value is -2.67. The van der Waals surface area contributed by atoms with E-state index in [1.165, 1.54) is 0 Å². The van der Waals surface area contributed by atoms with E-state index in [1.807, 2.05) is 24.3 Å². The quantitative estimate of drug-likeness (QED) is 0.731. The van der Waals surface area contributed by atoms with Gasteiger partial charge in [-0.05, 0) is 24.3 Å². The average molecular weight is 280 g/mol. The van der Waals surface area contributed by atoms with Crippen molar-refractivity contribution in [2.24, 2.45) is 0 Å². The molecule has 0 N–H and O–H groups in total. The van der Waals surface area contributed by atoms with Crippen molar-refractivity contribution in [2.75, 3.05) is 14.2 Å². The smallest absolute Gasteiger partial charge is 0.120 e. The normalized spacial score (nSPS) is 10.7. The number of hydrogen-bond donors (Lipinski definition) is 0. The number of benzene rings is 2. The molecule has 21 heavy (non-hydrogen) atoms. The first kappa shape index (κ1) is 13.3. The highest BCUT2D eigenvalue weighted by atomic mass is 16.5. The van der Waals surface area contributed by atoms with Gasteiger partial charge in [0.2, 0.25) is 0 Å². The maximum absolute atomic E-state index is 8.90. The zero-order valence-electron chi connectivity index (χ0n) is 12.1. The summed E-state index contributed by atoms with van der Waals surface area (Å²) in [4.78, 5) is 0. The highest BCUT2D eigenvalue weighted by molar-refractivity contribution is 6.08. The minimum Gasteiger partial charge on any atom is -0.497 e. The maximum atomic E-state index is 8.90. The molecule has 0 bridgehead atoms. The number of rotatable bonds is 4. The van der Waals surface area contributed by atoms with Crippen molar-refractivity contribution in [1.82, 2.24) is 4.57 Å². The van der Waals surface area contributed by atoms with Gasteiger partial charge in [0, 0.05) is 29.4 Å². The Morgan fingerprint density at radius 1 is 0.952 bits per heavy atom. The summed E-state index contributed by atoms with van der Waals surface area (Å²) in [7, 11) is 3.32. The molecule has 4 nitrogen and oxygen atoms in total. The molecule has 2 aromatic carbocycles. The molecular weight excluding hydrogens is 264 g/mol. The van der Waals surface area contributed by atoms with E-state index in [0.717, 1.165) is 33.3 Å². The standard InChI is InChI=1S/C17H16N2O2/c1-20-12-4-6-14-15-7-5-13(21-2)11-17(15)19(9-3-8-18)16(14)10-12/h4-7,10-11H,3,9H2,1-2H3. The highest BCUT2D eigenvalue weighted by Gasteiger charge is 2.12. The molecule has 0 spiro atoms. The van der Waals surface area contributed by atoms with Gasteiger partial charge in [-0.3, -0.25) is 0 Å². The molecule has 0 aliphatic rings. The lowest BCUT2D eigenvalue weighted by Crippen LogP contribution is -1.97. The molecule has 0 aliphatic carbocycles. The van der Waals surface area contributed by atoms with Crippen molar-refractivity contribution >= 4 is 21.8 Å². The van der Waals surface area contributed by atoms with E-state index in [1.54, 1.807) is 14.2 Å². The van der Waals surface area contributed by atoms with Gasteiger partial charge in [-0.15, -0.1) is 0 Å². The number of nitriles is 1. The first-order valence-corrected chi connectivity index (χ1v) is 6.79. The molecule has 0 saturated carbocycles. The second kappa shape index (κ2) is 5.37. The van der Waals surface area contributed by atoms with Gasteiger partial charge in [0.15, 0.2) is 0 Å². The van der Waals surface area contributed by atoms with Gasteiger partial charge in [-0.1, -0.05) is 0 Å². The number of fused-ring (bicyclic) bond motifs is 3. The van der Waals surface area contributed by atoms with Crippen LogP contribution in [0.1, 0.15) is 6.42 Å². The Labute approximate surface area is 123 Å². The third-order valence-electron chi connectivity index (χ3n) is 3.73. The SMILES string of the molecule is COc1ccc2c3ccc(OC)cc3n(CCC#N)c2c1. The zero-order chi connectivity index (χ0) is 14.8. The van der Waals surface area contributed by atoms with Gasteiger partial charge in [0.1, 0.15) is 11.5 Å². The molecule has 0 fully saturated rings. The second-order valence-electron chi connectivity index (χ2n) is 4.83. The van der Waals surface area contributed by atoms with E-state index in [-0.39, 0.29) is 0 Å². The van der Waals surface area contributed by atoms with E-state index in [2.05, 4.69) is 22.8 Å². The van der Waals surface area contributed by atoms with Crippen molar-refractivity contribution < 1.29 is 9.47 Å². The highest BCUT2D eigenvalue weighted by Crippen LogP contribution is 2.33. The number of nitrogens with zero attached hydrogens (tertiary/aromatic N) is 2. The number of ether oxygens (including phenoxy) is 2. The maximum Gasteiger partial charge on any atom is 0.120 e. The molecule has 0 radical (unpaired) electrons. The van der Waals surface area contributed by atoms with E-state index in [0.29, 0.717) is 13.0 Å². The molecule has 3 aromatic rings. The molecule has 0 aliphatic heterocycles. The van der Waals surface area contributed by atoms with Gasteiger partial charge in [0.25, 0.3) is 0 Å². The summed E-state index contributed by atoms with van der Waals surface area (Å²) in [5.74, 6) is 1.63. The van der Waals surface area contributed by atoms with Crippen molar-refractivity contribution in [1.29, 1.82) is 5.26 Å². The van der Waals surface area contributed by atoms with Crippen LogP contribution in [0.15, 0.2) is 36.4 Å². The molecule has 0 atom stereocenters. The predicted molar refractivity (Wildman–Crippen MR) is 82.8 cm³/mol. The van der Waals surface area contributed by atoms with Gasteiger partial charge in [-0.2, -0.15) is 5.26 Å². The van der Waals surface area contributed by atoms with E-state index < -0.39 is 0 Å². The molecule has 3 rings (SSSR count). The van der Waals surface area contributed by atoms with Crippen LogP contribution in [0.25, 0.3) is 21.8 Å². The monoisotopic (exact) mass is 280 g/mol. The van der Waals surface area contributed by atoms with Crippen LogP contribution < -0.4 is 9.47 Å². The second-order valence-corrected chi connectivity index (χ2v) is 4.83. The van der Waals surface area contributed by atoms with Crippen LogP contribution in [0, 0.1) is 11.3 Å². The minimum absolute atomic E-state index is 0.466. The summed E-state index contributed by atoms with van der Waals surface area (Å²) in [6.45, 7) is 0.650. The van der Waals surface area contributed by atoms with Crippen molar-refractivity contribution in [3.63, 3.8) is 0 Å². The number of hydrogen-bond acceptors (Lipinski definition) is 3. The molecule has 106 valence electrons. The number of aryl methyl sites for hydroxylation is 1. The van der Waals surface area contributed by atoms with Crippen LogP contribution in [0.3, 0.4) is 0 Å². The molecule has 0 unspecified atom stereocenters. The van der Waals surface area contributed by atoms with E-state index in [4.69, 9.17) is 14.7 Å². The van der Waals surface area contributed by atoms with Crippen LogP contribution >= 0.6 is 0 Å². The third kappa shape index (κ3) is 2.17. The van der Waals surface area contributed by atoms with Crippen LogP contribution in [0.5, 0.6) is 11.5 Å². The fourth-order valence-corrected chi connectivity index (χ4v) is 2.71. The van der Waals surface area contributed by atoms with Gasteiger partial charge < -0.3 is 14.0 Å². The lowest BCUT2D eigenvalue weighted by atomic mass is 10.1. The van der Waals surface area contributed by atoms with Crippen molar-refractivity contribution in [3.8, 4) is 17.6 Å². The Morgan fingerprint density at radius 2 is 1.48 bits per heavy atom. The van der Waals surface area contributed by atoms with Crippen molar-refractivity contribution in [3.05, 3.63) is 36.4 Å². The molecule has 0 saturated heterocycles. The summed E-state index contributed by atoms with van der Waals surface area (Å²) in [5, 5.41) is 11.2. The average Bonchev–Trinajstić information content (AvgIpc) is 2.84. The molecule has 1 aromatic heterocycles. The third-order valence-corrected chi connectivity index (χ3v) is 3.73. The van der Waals surface area contributed by atoms with Crippen LogP contribution in [0.2, 0.25) is 0 Å². The van der Waals surface area contributed by atoms with Crippen LogP contribution in [-0.2, 0) is 6.54 Å². The van der Waals surface area contributed by atoms with Gasteiger partial charge in [-0.25, -0.2) is 0 Å². The zero-order valence-corrected chi connectivity index (χ0v) is 12.1. The van der Waals surface area contributed by atoms with Gasteiger partial charge >= 0.3 is 0 Å². The Morgan fingerprint density at radius 3 is 1.90 bits per heavy atom. The molecule has 4 heteroatoms. The van der Waals surface area contributed by atoms with Gasteiger partial charge in [0.05, 0.1) is 37.7 Å². The number of methoxy groups -OCH3 is 2. The lowest BCUT2D eigenvalue weighted by molar-refractivity contribution is 0.415. The predicted octanol–water partition coefficient (Wildman–Crippen LogP) is 3.73. The fourth-order valence-electron chi connectivity index (χ4n) is 2.71. The van der Waals surface area contributed by atoms with Crippen LogP contribution in [-0.4, -0.2) is 18.8 Å². The number of aromatic nitrogens is 1. The minimum atomic E-state index is 0.466. The van der Waals surface area contributed by atoms with E-state index in [9.17, 15) is 0 Å². The van der Waals surface area contributed by atoms with E-state index >= 15 is 0 Å². The molecule has 1 heterocycles. The largest absolute Gasteiger partial charge is 0.497 e. The first-order chi connectivity index (χ1) is 10.3. The fraction of sp³-hybridized carbons (Fsp3) is 0.235. The molecule has 0 amide bonds. The summed E-state index contributed by atoms with van der Waals surface area (Å²) in [6, 6.07) is 14.3. The van der Waals surface area contributed by atoms with Crippen LogP contribution in [0.4, 0.5) is 0 Å².